The zero-order valence-corrected chi connectivity index (χ0v) is 14.4. The summed E-state index contributed by atoms with van der Waals surface area (Å²) in [5, 5.41) is 0. The van der Waals surface area contributed by atoms with Crippen LogP contribution in [0.5, 0.6) is 0 Å². The van der Waals surface area contributed by atoms with Crippen LogP contribution >= 0.6 is 0 Å². The Bertz CT molecular complexity index is 634. The number of rotatable bonds is 5. The molecule has 0 bridgehead atoms. The van der Waals surface area contributed by atoms with Crippen LogP contribution in [0.15, 0.2) is 24.7 Å². The summed E-state index contributed by atoms with van der Waals surface area (Å²) in [5.74, 6) is 3.09. The Morgan fingerprint density at radius 2 is 2.13 bits per heavy atom. The van der Waals surface area contributed by atoms with Crippen molar-refractivity contribution in [3.8, 4) is 0 Å². The molecular formula is C18H27N5. The number of likely N-dealkylation sites (tertiary alicyclic amines) is 1. The van der Waals surface area contributed by atoms with Crippen LogP contribution in [0, 0.1) is 0 Å². The minimum absolute atomic E-state index is 0.376. The van der Waals surface area contributed by atoms with Gasteiger partial charge < -0.3 is 4.57 Å². The van der Waals surface area contributed by atoms with Gasteiger partial charge in [-0.2, -0.15) is 0 Å². The van der Waals surface area contributed by atoms with Gasteiger partial charge in [0.1, 0.15) is 11.6 Å². The lowest BCUT2D eigenvalue weighted by molar-refractivity contribution is 0.192. The van der Waals surface area contributed by atoms with Crippen molar-refractivity contribution < 1.29 is 0 Å². The van der Waals surface area contributed by atoms with Gasteiger partial charge in [0.25, 0.3) is 0 Å². The number of piperidine rings is 1. The van der Waals surface area contributed by atoms with Gasteiger partial charge in [0.05, 0.1) is 5.69 Å². The van der Waals surface area contributed by atoms with Gasteiger partial charge >= 0.3 is 0 Å². The highest BCUT2D eigenvalue weighted by Crippen LogP contribution is 2.26. The third kappa shape index (κ3) is 3.78. The van der Waals surface area contributed by atoms with Crippen molar-refractivity contribution >= 4 is 0 Å². The summed E-state index contributed by atoms with van der Waals surface area (Å²) in [7, 11) is 0. The lowest BCUT2D eigenvalue weighted by atomic mass is 9.97. The molecule has 1 fully saturated rings. The second kappa shape index (κ2) is 7.21. The first-order chi connectivity index (χ1) is 11.2. The van der Waals surface area contributed by atoms with Crippen molar-refractivity contribution in [3.05, 3.63) is 42.0 Å². The molecule has 1 atom stereocenters. The number of imidazole rings is 1. The lowest BCUT2D eigenvalue weighted by Crippen LogP contribution is -2.35. The van der Waals surface area contributed by atoms with Crippen LogP contribution in [0.4, 0.5) is 0 Å². The Hall–Kier alpha value is -1.75. The van der Waals surface area contributed by atoms with E-state index < -0.39 is 0 Å². The Morgan fingerprint density at radius 1 is 1.26 bits per heavy atom. The molecule has 0 aromatic carbocycles. The van der Waals surface area contributed by atoms with Crippen LogP contribution in [-0.2, 0) is 13.1 Å². The van der Waals surface area contributed by atoms with Gasteiger partial charge in [-0.05, 0) is 32.4 Å². The molecule has 3 heterocycles. The maximum absolute atomic E-state index is 4.71. The van der Waals surface area contributed by atoms with Gasteiger partial charge in [0.15, 0.2) is 0 Å². The molecule has 0 spiro atoms. The van der Waals surface area contributed by atoms with E-state index in [2.05, 4.69) is 46.4 Å². The predicted octanol–water partition coefficient (Wildman–Crippen LogP) is 3.20. The number of nitrogens with zero attached hydrogens (tertiary/aromatic N) is 5. The highest BCUT2D eigenvalue weighted by Gasteiger charge is 2.24. The van der Waals surface area contributed by atoms with Crippen molar-refractivity contribution in [1.29, 1.82) is 0 Å². The molecule has 1 aliphatic heterocycles. The van der Waals surface area contributed by atoms with E-state index in [-0.39, 0.29) is 0 Å². The van der Waals surface area contributed by atoms with E-state index in [1.165, 1.54) is 18.7 Å². The monoisotopic (exact) mass is 313 g/mol. The largest absolute Gasteiger partial charge is 0.335 e. The highest BCUT2D eigenvalue weighted by atomic mass is 15.2. The van der Waals surface area contributed by atoms with Crippen molar-refractivity contribution in [3.63, 3.8) is 0 Å². The molecule has 3 rings (SSSR count). The fraction of sp³-hybridized carbons (Fsp3) is 0.611. The van der Waals surface area contributed by atoms with Crippen LogP contribution in [0.25, 0.3) is 0 Å². The SMILES string of the molecule is CCn1ccnc1[C@@H]1CCCN(Cc2ccnc(C(C)C)n2)C1. The predicted molar refractivity (Wildman–Crippen MR) is 91.3 cm³/mol. The molecule has 0 aliphatic carbocycles. The molecule has 5 nitrogen and oxygen atoms in total. The fourth-order valence-corrected chi connectivity index (χ4v) is 3.37. The summed E-state index contributed by atoms with van der Waals surface area (Å²) >= 11 is 0. The zero-order valence-electron chi connectivity index (χ0n) is 14.4. The Morgan fingerprint density at radius 3 is 2.91 bits per heavy atom. The van der Waals surface area contributed by atoms with Crippen molar-refractivity contribution in [1.82, 2.24) is 24.4 Å². The van der Waals surface area contributed by atoms with E-state index in [4.69, 9.17) is 4.98 Å². The van der Waals surface area contributed by atoms with Crippen LogP contribution in [-0.4, -0.2) is 37.5 Å². The van der Waals surface area contributed by atoms with Gasteiger partial charge in [0.2, 0.25) is 0 Å². The van der Waals surface area contributed by atoms with Crippen LogP contribution in [0.3, 0.4) is 0 Å². The quantitative estimate of drug-likeness (QED) is 0.850. The molecule has 124 valence electrons. The normalized spacial score (nSPS) is 19.4. The first-order valence-electron chi connectivity index (χ1n) is 8.72. The van der Waals surface area contributed by atoms with E-state index in [1.54, 1.807) is 0 Å². The van der Waals surface area contributed by atoms with E-state index in [1.807, 2.05) is 18.5 Å². The van der Waals surface area contributed by atoms with E-state index in [0.29, 0.717) is 11.8 Å². The Balaban J connectivity index is 1.68. The lowest BCUT2D eigenvalue weighted by Gasteiger charge is -2.32. The molecule has 23 heavy (non-hydrogen) atoms. The second-order valence-electron chi connectivity index (χ2n) is 6.71. The van der Waals surface area contributed by atoms with Crippen molar-refractivity contribution in [2.45, 2.75) is 58.5 Å². The topological polar surface area (TPSA) is 46.8 Å². The fourth-order valence-electron chi connectivity index (χ4n) is 3.37. The Labute approximate surface area is 138 Å². The molecule has 0 N–H and O–H groups in total. The molecule has 5 heteroatoms. The van der Waals surface area contributed by atoms with Gasteiger partial charge in [0, 0.05) is 50.1 Å². The zero-order chi connectivity index (χ0) is 16.2. The molecular weight excluding hydrogens is 286 g/mol. The first kappa shape index (κ1) is 16.1. The molecule has 2 aromatic rings. The van der Waals surface area contributed by atoms with Gasteiger partial charge in [-0.3, -0.25) is 4.90 Å². The smallest absolute Gasteiger partial charge is 0.131 e. The Kier molecular flexibility index (Phi) is 5.06. The standard InChI is InChI=1S/C18H27N5/c1-4-23-11-9-20-18(23)15-6-5-10-22(12-15)13-16-7-8-19-17(21-16)14(2)3/h7-9,11,14-15H,4-6,10,12-13H2,1-3H3/t15-/m1/s1. The van der Waals surface area contributed by atoms with E-state index in [0.717, 1.165) is 37.7 Å². The van der Waals surface area contributed by atoms with E-state index in [9.17, 15) is 0 Å². The van der Waals surface area contributed by atoms with Gasteiger partial charge in [-0.1, -0.05) is 13.8 Å². The third-order valence-electron chi connectivity index (χ3n) is 4.59. The number of aromatic nitrogens is 4. The molecule has 0 saturated carbocycles. The summed E-state index contributed by atoms with van der Waals surface area (Å²) in [6.07, 6.45) is 8.37. The minimum atomic E-state index is 0.376. The number of hydrogen-bond acceptors (Lipinski definition) is 4. The first-order valence-corrected chi connectivity index (χ1v) is 8.72. The minimum Gasteiger partial charge on any atom is -0.335 e. The van der Waals surface area contributed by atoms with Crippen LogP contribution in [0.1, 0.15) is 62.8 Å². The average Bonchev–Trinajstić information content (AvgIpc) is 3.04. The molecule has 0 radical (unpaired) electrons. The molecule has 0 amide bonds. The summed E-state index contributed by atoms with van der Waals surface area (Å²) < 4.78 is 2.27. The van der Waals surface area contributed by atoms with E-state index >= 15 is 0 Å². The molecule has 2 aromatic heterocycles. The number of hydrogen-bond donors (Lipinski definition) is 0. The van der Waals surface area contributed by atoms with Crippen molar-refractivity contribution in [2.75, 3.05) is 13.1 Å². The second-order valence-corrected chi connectivity index (χ2v) is 6.71. The van der Waals surface area contributed by atoms with Gasteiger partial charge in [-0.15, -0.1) is 0 Å². The van der Waals surface area contributed by atoms with Crippen LogP contribution < -0.4 is 0 Å². The summed E-state index contributed by atoms with van der Waals surface area (Å²) in [6.45, 7) is 10.6. The molecule has 1 aliphatic rings. The van der Waals surface area contributed by atoms with Gasteiger partial charge in [-0.25, -0.2) is 15.0 Å². The summed E-state index contributed by atoms with van der Waals surface area (Å²) in [6, 6.07) is 2.04. The van der Waals surface area contributed by atoms with Crippen molar-refractivity contribution in [2.24, 2.45) is 0 Å². The summed E-state index contributed by atoms with van der Waals surface area (Å²) in [4.78, 5) is 16.2. The maximum Gasteiger partial charge on any atom is 0.131 e. The summed E-state index contributed by atoms with van der Waals surface area (Å²) in [5.41, 5.74) is 1.13. The third-order valence-corrected chi connectivity index (χ3v) is 4.59. The number of aryl methyl sites for hydroxylation is 1. The average molecular weight is 313 g/mol. The molecule has 1 saturated heterocycles. The highest BCUT2D eigenvalue weighted by molar-refractivity contribution is 5.07. The molecule has 0 unspecified atom stereocenters. The van der Waals surface area contributed by atoms with Crippen LogP contribution in [0.2, 0.25) is 0 Å². The maximum atomic E-state index is 4.71.